The normalized spacial score (nSPS) is 11.8. The van der Waals surface area contributed by atoms with Crippen molar-refractivity contribution in [3.8, 4) is 0 Å². The lowest BCUT2D eigenvalue weighted by Crippen LogP contribution is -2.23. The van der Waals surface area contributed by atoms with Crippen LogP contribution in [0.1, 0.15) is 36.1 Å². The first-order valence-corrected chi connectivity index (χ1v) is 10.6. The molecule has 0 fully saturated rings. The number of esters is 1. The first-order chi connectivity index (χ1) is 13.9. The van der Waals surface area contributed by atoms with Crippen molar-refractivity contribution in [2.24, 2.45) is 4.99 Å². The first-order valence-electron chi connectivity index (χ1n) is 9.82. The molecule has 1 heterocycles. The van der Waals surface area contributed by atoms with Crippen molar-refractivity contribution in [3.05, 3.63) is 63.5 Å². The largest absolute Gasteiger partial charge is 0.465 e. The van der Waals surface area contributed by atoms with E-state index in [0.717, 1.165) is 33.3 Å². The molecule has 3 rings (SSSR count). The SMILES string of the molecule is CCOC(=O)Cn1c(=NC(=O)Cc2cc(C)ccc2C)sc2cc(CC)ccc21. The Balaban J connectivity index is 2.02. The summed E-state index contributed by atoms with van der Waals surface area (Å²) < 4.78 is 7.89. The summed E-state index contributed by atoms with van der Waals surface area (Å²) in [6.07, 6.45) is 1.16. The van der Waals surface area contributed by atoms with Crippen LogP contribution in [0.5, 0.6) is 0 Å². The van der Waals surface area contributed by atoms with Crippen LogP contribution in [-0.2, 0) is 33.7 Å². The van der Waals surface area contributed by atoms with Gasteiger partial charge in [0.1, 0.15) is 6.54 Å². The molecule has 2 aromatic carbocycles. The lowest BCUT2D eigenvalue weighted by atomic mass is 10.0. The minimum absolute atomic E-state index is 0.0366. The van der Waals surface area contributed by atoms with Gasteiger partial charge in [0.2, 0.25) is 0 Å². The maximum Gasteiger partial charge on any atom is 0.326 e. The molecule has 6 heteroatoms. The fraction of sp³-hybridized carbons (Fsp3) is 0.348. The molecule has 0 atom stereocenters. The average molecular weight is 411 g/mol. The number of hydrogen-bond donors (Lipinski definition) is 0. The van der Waals surface area contributed by atoms with Crippen LogP contribution < -0.4 is 4.80 Å². The van der Waals surface area contributed by atoms with Gasteiger partial charge in [0.25, 0.3) is 5.91 Å². The van der Waals surface area contributed by atoms with Gasteiger partial charge >= 0.3 is 5.97 Å². The maximum absolute atomic E-state index is 12.7. The summed E-state index contributed by atoms with van der Waals surface area (Å²) in [5.41, 5.74) is 5.26. The first kappa shape index (κ1) is 21.0. The van der Waals surface area contributed by atoms with E-state index in [4.69, 9.17) is 4.74 Å². The van der Waals surface area contributed by atoms with Crippen molar-refractivity contribution in [3.63, 3.8) is 0 Å². The van der Waals surface area contributed by atoms with Crippen molar-refractivity contribution in [1.82, 2.24) is 4.57 Å². The fourth-order valence-corrected chi connectivity index (χ4v) is 4.32. The number of aryl methyl sites for hydroxylation is 3. The van der Waals surface area contributed by atoms with Gasteiger partial charge in [0.05, 0.1) is 23.2 Å². The van der Waals surface area contributed by atoms with Gasteiger partial charge in [0, 0.05) is 0 Å². The number of carbonyl (C=O) groups excluding carboxylic acids is 2. The van der Waals surface area contributed by atoms with Crippen molar-refractivity contribution in [1.29, 1.82) is 0 Å². The van der Waals surface area contributed by atoms with Crippen molar-refractivity contribution in [2.45, 2.75) is 47.1 Å². The Morgan fingerprint density at radius 2 is 1.90 bits per heavy atom. The van der Waals surface area contributed by atoms with Crippen LogP contribution in [0.15, 0.2) is 41.4 Å². The van der Waals surface area contributed by atoms with E-state index in [0.29, 0.717) is 11.4 Å². The zero-order chi connectivity index (χ0) is 21.0. The van der Waals surface area contributed by atoms with Gasteiger partial charge in [-0.3, -0.25) is 9.59 Å². The second kappa shape index (κ2) is 9.18. The molecule has 0 unspecified atom stereocenters. The molecule has 0 aliphatic rings. The Morgan fingerprint density at radius 3 is 2.62 bits per heavy atom. The van der Waals surface area contributed by atoms with E-state index in [9.17, 15) is 9.59 Å². The van der Waals surface area contributed by atoms with E-state index < -0.39 is 0 Å². The number of amides is 1. The predicted molar refractivity (Wildman–Crippen MR) is 116 cm³/mol. The highest BCUT2D eigenvalue weighted by Gasteiger charge is 2.13. The second-order valence-electron chi connectivity index (χ2n) is 7.04. The molecule has 3 aromatic rings. The monoisotopic (exact) mass is 410 g/mol. The highest BCUT2D eigenvalue weighted by Crippen LogP contribution is 2.20. The van der Waals surface area contributed by atoms with Crippen LogP contribution >= 0.6 is 11.3 Å². The van der Waals surface area contributed by atoms with E-state index in [1.807, 2.05) is 44.2 Å². The Kier molecular flexibility index (Phi) is 6.64. The number of thiazole rings is 1. The van der Waals surface area contributed by atoms with Crippen LogP contribution in [0.25, 0.3) is 10.2 Å². The van der Waals surface area contributed by atoms with Crippen molar-refractivity contribution >= 4 is 33.4 Å². The fourth-order valence-electron chi connectivity index (χ4n) is 3.21. The van der Waals surface area contributed by atoms with E-state index in [2.05, 4.69) is 18.0 Å². The third kappa shape index (κ3) is 5.01. The van der Waals surface area contributed by atoms with Crippen LogP contribution in [0, 0.1) is 13.8 Å². The Morgan fingerprint density at radius 1 is 1.10 bits per heavy atom. The average Bonchev–Trinajstić information content (AvgIpc) is 3.00. The van der Waals surface area contributed by atoms with Crippen molar-refractivity contribution < 1.29 is 14.3 Å². The molecule has 1 amide bonds. The molecule has 0 aliphatic carbocycles. The molecule has 1 aromatic heterocycles. The highest BCUT2D eigenvalue weighted by molar-refractivity contribution is 7.16. The minimum Gasteiger partial charge on any atom is -0.465 e. The predicted octanol–water partition coefficient (Wildman–Crippen LogP) is 4.12. The molecule has 5 nitrogen and oxygen atoms in total. The van der Waals surface area contributed by atoms with E-state index in [1.165, 1.54) is 16.9 Å². The third-order valence-electron chi connectivity index (χ3n) is 4.81. The van der Waals surface area contributed by atoms with Gasteiger partial charge in [-0.1, -0.05) is 48.1 Å². The lowest BCUT2D eigenvalue weighted by molar-refractivity contribution is -0.143. The zero-order valence-electron chi connectivity index (χ0n) is 17.3. The third-order valence-corrected chi connectivity index (χ3v) is 5.86. The molecule has 0 saturated carbocycles. The summed E-state index contributed by atoms with van der Waals surface area (Å²) in [6.45, 7) is 8.24. The molecular weight excluding hydrogens is 384 g/mol. The number of carbonyl (C=O) groups is 2. The van der Waals surface area contributed by atoms with Crippen LogP contribution in [-0.4, -0.2) is 23.1 Å². The Hall–Kier alpha value is -2.73. The number of nitrogens with zero attached hydrogens (tertiary/aromatic N) is 2. The quantitative estimate of drug-likeness (QED) is 0.575. The van der Waals surface area contributed by atoms with Gasteiger partial charge in [0.15, 0.2) is 4.80 Å². The molecule has 0 saturated heterocycles. The smallest absolute Gasteiger partial charge is 0.326 e. The standard InChI is InChI=1S/C23H26N2O3S/c1-5-17-9-10-19-20(12-17)29-23(25(19)14-22(27)28-6-2)24-21(26)13-18-11-15(3)7-8-16(18)4/h7-12H,5-6,13-14H2,1-4H3. The summed E-state index contributed by atoms with van der Waals surface area (Å²) in [5, 5.41) is 0. The summed E-state index contributed by atoms with van der Waals surface area (Å²) in [6, 6.07) is 12.2. The van der Waals surface area contributed by atoms with Gasteiger partial charge < -0.3 is 9.30 Å². The Labute approximate surface area is 174 Å². The van der Waals surface area contributed by atoms with Gasteiger partial charge in [-0.2, -0.15) is 4.99 Å². The summed E-state index contributed by atoms with van der Waals surface area (Å²) in [5.74, 6) is -0.561. The van der Waals surface area contributed by atoms with E-state index in [1.54, 1.807) is 11.5 Å². The number of aromatic nitrogens is 1. The number of hydrogen-bond acceptors (Lipinski definition) is 4. The van der Waals surface area contributed by atoms with Gasteiger partial charge in [-0.15, -0.1) is 0 Å². The molecule has 0 aliphatic heterocycles. The van der Waals surface area contributed by atoms with E-state index >= 15 is 0 Å². The number of ether oxygens (including phenoxy) is 1. The Bertz CT molecular complexity index is 1120. The molecule has 152 valence electrons. The van der Waals surface area contributed by atoms with Crippen LogP contribution in [0.3, 0.4) is 0 Å². The summed E-state index contributed by atoms with van der Waals surface area (Å²) >= 11 is 1.43. The zero-order valence-corrected chi connectivity index (χ0v) is 18.1. The van der Waals surface area contributed by atoms with Crippen LogP contribution in [0.2, 0.25) is 0 Å². The molecule has 29 heavy (non-hydrogen) atoms. The highest BCUT2D eigenvalue weighted by atomic mass is 32.1. The molecular formula is C23H26N2O3S. The maximum atomic E-state index is 12.7. The molecule has 0 radical (unpaired) electrons. The lowest BCUT2D eigenvalue weighted by Gasteiger charge is -2.06. The number of rotatable bonds is 6. The molecule has 0 bridgehead atoms. The molecule has 0 N–H and O–H groups in total. The molecule has 0 spiro atoms. The topological polar surface area (TPSA) is 60.7 Å². The minimum atomic E-state index is -0.338. The second-order valence-corrected chi connectivity index (χ2v) is 8.05. The van der Waals surface area contributed by atoms with Crippen molar-refractivity contribution in [2.75, 3.05) is 6.61 Å². The van der Waals surface area contributed by atoms with Gasteiger partial charge in [-0.25, -0.2) is 0 Å². The number of fused-ring (bicyclic) bond motifs is 1. The van der Waals surface area contributed by atoms with Crippen LogP contribution in [0.4, 0.5) is 0 Å². The summed E-state index contributed by atoms with van der Waals surface area (Å²) in [7, 11) is 0. The van der Waals surface area contributed by atoms with Gasteiger partial charge in [-0.05, 0) is 56.0 Å². The van der Waals surface area contributed by atoms with E-state index in [-0.39, 0.29) is 24.8 Å². The summed E-state index contributed by atoms with van der Waals surface area (Å²) in [4.78, 5) is 29.7. The number of benzene rings is 2.